The molecule has 0 fully saturated rings. The summed E-state index contributed by atoms with van der Waals surface area (Å²) in [5.41, 5.74) is -0.00102. The highest BCUT2D eigenvalue weighted by Crippen LogP contribution is 2.36. The molecule has 31 heavy (non-hydrogen) atoms. The van der Waals surface area contributed by atoms with Crippen molar-refractivity contribution in [1.82, 2.24) is 5.32 Å². The Morgan fingerprint density at radius 3 is 2.61 bits per heavy atom. The third kappa shape index (κ3) is 5.60. The van der Waals surface area contributed by atoms with Crippen LogP contribution in [0.15, 0.2) is 59.1 Å². The number of rotatable bonds is 5. The van der Waals surface area contributed by atoms with Gasteiger partial charge in [-0.05, 0) is 23.8 Å². The van der Waals surface area contributed by atoms with Gasteiger partial charge >= 0.3 is 6.18 Å². The molecule has 0 saturated carbocycles. The number of carbonyl (C=O) groups is 2. The molecule has 0 radical (unpaired) electrons. The van der Waals surface area contributed by atoms with Gasteiger partial charge in [0.1, 0.15) is 0 Å². The maximum atomic E-state index is 12.9. The van der Waals surface area contributed by atoms with Crippen LogP contribution in [0, 0.1) is 11.3 Å². The minimum atomic E-state index is -4.58. The quantitative estimate of drug-likeness (QED) is 0.646. The number of thioether (sulfide) groups is 1. The first-order valence-electron chi connectivity index (χ1n) is 8.97. The summed E-state index contributed by atoms with van der Waals surface area (Å²) in [4.78, 5) is 24.4. The molecule has 10 heteroatoms. The Morgan fingerprint density at radius 2 is 1.97 bits per heavy atom. The third-order valence-electron chi connectivity index (χ3n) is 4.47. The Hall–Kier alpha value is -2.96. The molecule has 1 aliphatic rings. The van der Waals surface area contributed by atoms with E-state index in [4.69, 9.17) is 11.6 Å². The van der Waals surface area contributed by atoms with E-state index in [2.05, 4.69) is 16.7 Å². The lowest BCUT2D eigenvalue weighted by atomic mass is 9.87. The zero-order valence-electron chi connectivity index (χ0n) is 15.8. The van der Waals surface area contributed by atoms with Crippen LogP contribution in [0.5, 0.6) is 0 Å². The molecular weight excluding hydrogens is 451 g/mol. The summed E-state index contributed by atoms with van der Waals surface area (Å²) in [6, 6.07) is 13.8. The van der Waals surface area contributed by atoms with Crippen molar-refractivity contribution in [3.8, 4) is 6.07 Å². The van der Waals surface area contributed by atoms with E-state index in [1.165, 1.54) is 0 Å². The van der Waals surface area contributed by atoms with Gasteiger partial charge in [0, 0.05) is 12.3 Å². The number of halogens is 4. The summed E-state index contributed by atoms with van der Waals surface area (Å²) in [6.07, 6.45) is -4.48. The van der Waals surface area contributed by atoms with Crippen LogP contribution in [-0.4, -0.2) is 17.6 Å². The Balaban J connectivity index is 1.75. The van der Waals surface area contributed by atoms with E-state index in [0.717, 1.165) is 35.5 Å². The lowest BCUT2D eigenvalue weighted by Crippen LogP contribution is -2.31. The fraction of sp³-hybridized carbons (Fsp3) is 0.190. The Kier molecular flexibility index (Phi) is 6.93. The smallest absolute Gasteiger partial charge is 0.324 e. The molecule has 1 heterocycles. The lowest BCUT2D eigenvalue weighted by Gasteiger charge is -2.25. The summed E-state index contributed by atoms with van der Waals surface area (Å²) < 4.78 is 38.7. The van der Waals surface area contributed by atoms with Crippen molar-refractivity contribution >= 4 is 40.9 Å². The normalized spacial score (nSPS) is 16.5. The van der Waals surface area contributed by atoms with Crippen LogP contribution in [0.4, 0.5) is 18.9 Å². The maximum Gasteiger partial charge on any atom is 0.416 e. The number of hydrogen-bond donors (Lipinski definition) is 2. The summed E-state index contributed by atoms with van der Waals surface area (Å²) in [7, 11) is 0. The summed E-state index contributed by atoms with van der Waals surface area (Å²) in [6.45, 7) is 0. The summed E-state index contributed by atoms with van der Waals surface area (Å²) in [5.74, 6) is -1.61. The minimum Gasteiger partial charge on any atom is -0.324 e. The van der Waals surface area contributed by atoms with Crippen molar-refractivity contribution in [3.63, 3.8) is 0 Å². The van der Waals surface area contributed by atoms with Gasteiger partial charge in [-0.25, -0.2) is 0 Å². The highest BCUT2D eigenvalue weighted by molar-refractivity contribution is 8.03. The molecule has 1 aliphatic heterocycles. The predicted molar refractivity (Wildman–Crippen MR) is 112 cm³/mol. The van der Waals surface area contributed by atoms with Crippen LogP contribution in [0.1, 0.15) is 23.5 Å². The van der Waals surface area contributed by atoms with Gasteiger partial charge in [-0.15, -0.1) is 0 Å². The molecule has 2 N–H and O–H groups in total. The number of anilines is 1. The number of nitrogens with one attached hydrogen (secondary N) is 2. The van der Waals surface area contributed by atoms with Crippen molar-refractivity contribution in [2.24, 2.45) is 0 Å². The fourth-order valence-corrected chi connectivity index (χ4v) is 4.07. The van der Waals surface area contributed by atoms with Crippen LogP contribution in [-0.2, 0) is 15.8 Å². The van der Waals surface area contributed by atoms with Crippen molar-refractivity contribution in [2.75, 3.05) is 11.1 Å². The molecule has 2 aromatic carbocycles. The average molecular weight is 466 g/mol. The summed E-state index contributed by atoms with van der Waals surface area (Å²) >= 11 is 6.82. The van der Waals surface area contributed by atoms with Gasteiger partial charge in [0.15, 0.2) is 0 Å². The number of benzene rings is 2. The Labute approximate surface area is 185 Å². The molecule has 0 bridgehead atoms. The summed E-state index contributed by atoms with van der Waals surface area (Å²) in [5, 5.41) is 14.8. The van der Waals surface area contributed by atoms with Crippen molar-refractivity contribution in [2.45, 2.75) is 18.5 Å². The molecule has 0 unspecified atom stereocenters. The standard InChI is InChI=1S/C21H15ClF3N3O2S/c22-16-7-6-13(21(23,24)25)8-17(16)27-19(30)11-31-20-15(10-26)14(9-18(29)28-20)12-4-2-1-3-5-12/h1-8,14H,9,11H2,(H,27,30)(H,28,29)/t14-/m0/s1. The van der Waals surface area contributed by atoms with Gasteiger partial charge in [-0.3, -0.25) is 9.59 Å². The van der Waals surface area contributed by atoms with E-state index >= 15 is 0 Å². The molecule has 0 aliphatic carbocycles. The number of allylic oxidation sites excluding steroid dienone is 1. The molecular formula is C21H15ClF3N3O2S. The number of hydrogen-bond acceptors (Lipinski definition) is 4. The van der Waals surface area contributed by atoms with E-state index in [9.17, 15) is 28.0 Å². The Morgan fingerprint density at radius 1 is 1.26 bits per heavy atom. The van der Waals surface area contributed by atoms with Crippen molar-refractivity contribution in [1.29, 1.82) is 5.26 Å². The topological polar surface area (TPSA) is 82.0 Å². The number of nitrogens with zero attached hydrogens (tertiary/aromatic N) is 1. The maximum absolute atomic E-state index is 12.9. The first-order valence-corrected chi connectivity index (χ1v) is 10.3. The van der Waals surface area contributed by atoms with Crippen molar-refractivity contribution < 1.29 is 22.8 Å². The van der Waals surface area contributed by atoms with E-state index in [1.54, 1.807) is 12.1 Å². The average Bonchev–Trinajstić information content (AvgIpc) is 2.73. The number of carbonyl (C=O) groups excluding carboxylic acids is 2. The largest absolute Gasteiger partial charge is 0.416 e. The van der Waals surface area contributed by atoms with Crippen LogP contribution >= 0.6 is 23.4 Å². The predicted octanol–water partition coefficient (Wildman–Crippen LogP) is 5.07. The van der Waals surface area contributed by atoms with E-state index in [1.807, 2.05) is 18.2 Å². The zero-order valence-corrected chi connectivity index (χ0v) is 17.4. The van der Waals surface area contributed by atoms with Gasteiger partial charge in [0.05, 0.1) is 38.7 Å². The first kappa shape index (κ1) is 22.7. The van der Waals surface area contributed by atoms with Crippen LogP contribution in [0.3, 0.4) is 0 Å². The second kappa shape index (κ2) is 9.45. The van der Waals surface area contributed by atoms with Gasteiger partial charge in [0.2, 0.25) is 11.8 Å². The SMILES string of the molecule is N#CC1=C(SCC(=O)Nc2cc(C(F)(F)F)ccc2Cl)NC(=O)C[C@H]1c1ccccc1. The molecule has 160 valence electrons. The van der Waals surface area contributed by atoms with Crippen LogP contribution in [0.25, 0.3) is 0 Å². The van der Waals surface area contributed by atoms with Gasteiger partial charge < -0.3 is 10.6 Å². The van der Waals surface area contributed by atoms with Crippen molar-refractivity contribution in [3.05, 3.63) is 75.3 Å². The molecule has 1 atom stereocenters. The second-order valence-corrected chi connectivity index (χ2v) is 7.99. The minimum absolute atomic E-state index is 0.0432. The van der Waals surface area contributed by atoms with Crippen LogP contribution < -0.4 is 10.6 Å². The van der Waals surface area contributed by atoms with E-state index < -0.39 is 23.6 Å². The van der Waals surface area contributed by atoms with Crippen LogP contribution in [0.2, 0.25) is 5.02 Å². The highest BCUT2D eigenvalue weighted by Gasteiger charge is 2.32. The molecule has 3 rings (SSSR count). The molecule has 2 aromatic rings. The molecule has 5 nitrogen and oxygen atoms in total. The molecule has 0 spiro atoms. The molecule has 2 amide bonds. The third-order valence-corrected chi connectivity index (χ3v) is 5.82. The molecule has 0 saturated heterocycles. The number of nitriles is 1. The first-order chi connectivity index (χ1) is 14.7. The van der Waals surface area contributed by atoms with E-state index in [-0.39, 0.29) is 33.8 Å². The van der Waals surface area contributed by atoms with E-state index in [0.29, 0.717) is 5.57 Å². The monoisotopic (exact) mass is 465 g/mol. The zero-order chi connectivity index (χ0) is 22.6. The van der Waals surface area contributed by atoms with Gasteiger partial charge in [-0.1, -0.05) is 53.7 Å². The molecule has 0 aromatic heterocycles. The number of amides is 2. The highest BCUT2D eigenvalue weighted by atomic mass is 35.5. The van der Waals surface area contributed by atoms with Gasteiger partial charge in [0.25, 0.3) is 0 Å². The Bertz CT molecular complexity index is 1080. The number of alkyl halides is 3. The fourth-order valence-electron chi connectivity index (χ4n) is 3.02. The van der Waals surface area contributed by atoms with Gasteiger partial charge in [-0.2, -0.15) is 18.4 Å². The second-order valence-electron chi connectivity index (χ2n) is 6.60. The lowest BCUT2D eigenvalue weighted by molar-refractivity contribution is -0.137.